The number of aromatic carboxylic acids is 1. The summed E-state index contributed by atoms with van der Waals surface area (Å²) in [5.41, 5.74) is 2.39. The van der Waals surface area contributed by atoms with Gasteiger partial charge in [0.25, 0.3) is 0 Å². The van der Waals surface area contributed by atoms with Gasteiger partial charge in [0.05, 0.1) is 24.4 Å². The maximum absolute atomic E-state index is 11.2. The van der Waals surface area contributed by atoms with E-state index in [1.54, 1.807) is 16.8 Å². The Morgan fingerprint density at radius 2 is 2.12 bits per heavy atom. The zero-order valence-corrected chi connectivity index (χ0v) is 15.6. The lowest BCUT2D eigenvalue weighted by Crippen LogP contribution is -2.09. The number of fused-ring (bicyclic) bond motifs is 1. The first-order valence-corrected chi connectivity index (χ1v) is 8.70. The van der Waals surface area contributed by atoms with E-state index < -0.39 is 5.97 Å². The molecule has 2 heterocycles. The number of rotatable bonds is 6. The fourth-order valence-electron chi connectivity index (χ4n) is 2.67. The molecule has 0 radical (unpaired) electrons. The molecule has 3 rings (SSSR count). The van der Waals surface area contributed by atoms with E-state index in [9.17, 15) is 4.79 Å². The summed E-state index contributed by atoms with van der Waals surface area (Å²) in [7, 11) is 0. The van der Waals surface area contributed by atoms with Crippen molar-refractivity contribution in [3.05, 3.63) is 52.3 Å². The normalized spacial score (nSPS) is 11.3. The first-order chi connectivity index (χ1) is 12.3. The van der Waals surface area contributed by atoms with E-state index in [0.29, 0.717) is 29.7 Å². The van der Waals surface area contributed by atoms with E-state index in [0.717, 1.165) is 22.4 Å². The minimum atomic E-state index is -1.01. The molecule has 7 heteroatoms. The quantitative estimate of drug-likeness (QED) is 0.701. The van der Waals surface area contributed by atoms with Crippen LogP contribution in [-0.2, 0) is 6.54 Å². The molecule has 0 amide bonds. The van der Waals surface area contributed by atoms with Gasteiger partial charge in [0.2, 0.25) is 0 Å². The Kier molecular flexibility index (Phi) is 5.13. The van der Waals surface area contributed by atoms with E-state index in [1.807, 2.05) is 19.1 Å². The molecule has 1 aromatic carbocycles. The average molecular weight is 374 g/mol. The van der Waals surface area contributed by atoms with Crippen LogP contribution in [-0.4, -0.2) is 32.4 Å². The third-order valence-electron chi connectivity index (χ3n) is 3.93. The van der Waals surface area contributed by atoms with Crippen LogP contribution in [0.15, 0.2) is 30.5 Å². The van der Waals surface area contributed by atoms with Crippen molar-refractivity contribution in [1.82, 2.24) is 14.8 Å². The maximum atomic E-state index is 11.2. The van der Waals surface area contributed by atoms with E-state index in [2.05, 4.69) is 23.9 Å². The number of carboxylic acids is 1. The number of carboxylic acid groups (broad SMARTS) is 1. The van der Waals surface area contributed by atoms with Crippen LogP contribution in [0.4, 0.5) is 0 Å². The first kappa shape index (κ1) is 18.2. The van der Waals surface area contributed by atoms with E-state index in [4.69, 9.17) is 21.4 Å². The zero-order chi connectivity index (χ0) is 18.8. The lowest BCUT2D eigenvalue weighted by molar-refractivity contribution is 0.0696. The molecule has 136 valence electrons. The van der Waals surface area contributed by atoms with Crippen LogP contribution in [0.2, 0.25) is 5.02 Å². The fourth-order valence-corrected chi connectivity index (χ4v) is 2.86. The largest absolute Gasteiger partial charge is 0.493 e. The molecule has 0 saturated heterocycles. The highest BCUT2D eigenvalue weighted by molar-refractivity contribution is 6.30. The number of nitrogens with zero attached hydrogens (tertiary/aromatic N) is 3. The lowest BCUT2D eigenvalue weighted by Gasteiger charge is -2.14. The molecule has 0 fully saturated rings. The molecule has 0 aliphatic carbocycles. The predicted octanol–water partition coefficient (Wildman–Crippen LogP) is 4.17. The van der Waals surface area contributed by atoms with Crippen LogP contribution in [0.5, 0.6) is 5.75 Å². The van der Waals surface area contributed by atoms with E-state index in [-0.39, 0.29) is 5.56 Å². The van der Waals surface area contributed by atoms with Crippen LogP contribution in [0.25, 0.3) is 11.0 Å². The van der Waals surface area contributed by atoms with Gasteiger partial charge in [-0.05, 0) is 37.1 Å². The molecule has 0 aliphatic heterocycles. The van der Waals surface area contributed by atoms with Gasteiger partial charge < -0.3 is 9.84 Å². The summed E-state index contributed by atoms with van der Waals surface area (Å²) in [5.74, 6) is 0.153. The van der Waals surface area contributed by atoms with Crippen LogP contribution in [0.3, 0.4) is 0 Å². The van der Waals surface area contributed by atoms with Crippen molar-refractivity contribution < 1.29 is 14.6 Å². The minimum absolute atomic E-state index is 0.142. The Hall–Kier alpha value is -2.60. The molecule has 0 atom stereocenters. The number of carbonyl (C=O) groups is 1. The SMILES string of the molecule is Cc1nn(Cc2cc(Cl)ccc2OCC(C)C)c2ncc(C(=O)O)cc12. The van der Waals surface area contributed by atoms with Crippen molar-refractivity contribution >= 4 is 28.6 Å². The van der Waals surface area contributed by atoms with Crippen molar-refractivity contribution in [3.63, 3.8) is 0 Å². The lowest BCUT2D eigenvalue weighted by atomic mass is 10.2. The van der Waals surface area contributed by atoms with Gasteiger partial charge >= 0.3 is 5.97 Å². The second-order valence-corrected chi connectivity index (χ2v) is 7.04. The van der Waals surface area contributed by atoms with Gasteiger partial charge in [0, 0.05) is 22.2 Å². The summed E-state index contributed by atoms with van der Waals surface area (Å²) in [6.45, 7) is 7.04. The highest BCUT2D eigenvalue weighted by atomic mass is 35.5. The first-order valence-electron chi connectivity index (χ1n) is 8.33. The summed E-state index contributed by atoms with van der Waals surface area (Å²) in [6.07, 6.45) is 1.34. The summed E-state index contributed by atoms with van der Waals surface area (Å²) >= 11 is 6.16. The van der Waals surface area contributed by atoms with Crippen LogP contribution in [0, 0.1) is 12.8 Å². The number of pyridine rings is 1. The van der Waals surface area contributed by atoms with Gasteiger partial charge in [0.15, 0.2) is 5.65 Å². The number of ether oxygens (including phenoxy) is 1. The average Bonchev–Trinajstić information content (AvgIpc) is 2.89. The maximum Gasteiger partial charge on any atom is 0.337 e. The van der Waals surface area contributed by atoms with Crippen LogP contribution < -0.4 is 4.74 Å². The predicted molar refractivity (Wildman–Crippen MR) is 100 cm³/mol. The highest BCUT2D eigenvalue weighted by Gasteiger charge is 2.15. The summed E-state index contributed by atoms with van der Waals surface area (Å²) in [6, 6.07) is 7.10. The Bertz CT molecular complexity index is 966. The van der Waals surface area contributed by atoms with Crippen molar-refractivity contribution in [1.29, 1.82) is 0 Å². The Labute approximate surface area is 156 Å². The fraction of sp³-hybridized carbons (Fsp3) is 0.316. The summed E-state index contributed by atoms with van der Waals surface area (Å²) in [4.78, 5) is 15.5. The third kappa shape index (κ3) is 3.80. The Morgan fingerprint density at radius 3 is 2.81 bits per heavy atom. The number of benzene rings is 1. The number of aromatic nitrogens is 3. The van der Waals surface area contributed by atoms with Crippen molar-refractivity contribution in [2.75, 3.05) is 6.61 Å². The smallest absolute Gasteiger partial charge is 0.337 e. The van der Waals surface area contributed by atoms with Crippen molar-refractivity contribution in [2.24, 2.45) is 5.92 Å². The highest BCUT2D eigenvalue weighted by Crippen LogP contribution is 2.26. The van der Waals surface area contributed by atoms with Gasteiger partial charge in [0.1, 0.15) is 5.75 Å². The Morgan fingerprint density at radius 1 is 1.35 bits per heavy atom. The molecular formula is C19H20ClN3O3. The van der Waals surface area contributed by atoms with Gasteiger partial charge in [-0.3, -0.25) is 0 Å². The van der Waals surface area contributed by atoms with Crippen molar-refractivity contribution in [2.45, 2.75) is 27.3 Å². The molecule has 0 aliphatic rings. The minimum Gasteiger partial charge on any atom is -0.493 e. The number of halogens is 1. The molecule has 26 heavy (non-hydrogen) atoms. The Balaban J connectivity index is 1.99. The molecule has 1 N–H and O–H groups in total. The topological polar surface area (TPSA) is 77.2 Å². The standard InChI is InChI=1S/C19H20ClN3O3/c1-11(2)10-26-17-5-4-15(20)6-14(17)9-23-18-16(12(3)22-23)7-13(8-21-18)19(24)25/h4-8,11H,9-10H2,1-3H3,(H,24,25). The second-order valence-electron chi connectivity index (χ2n) is 6.60. The third-order valence-corrected chi connectivity index (χ3v) is 4.17. The summed E-state index contributed by atoms with van der Waals surface area (Å²) < 4.78 is 7.64. The number of aryl methyl sites for hydroxylation is 1. The summed E-state index contributed by atoms with van der Waals surface area (Å²) in [5, 5.41) is 15.0. The van der Waals surface area contributed by atoms with E-state index >= 15 is 0 Å². The molecule has 3 aromatic rings. The van der Waals surface area contributed by atoms with Crippen molar-refractivity contribution in [3.8, 4) is 5.75 Å². The molecule has 0 bridgehead atoms. The molecule has 0 saturated carbocycles. The molecule has 0 spiro atoms. The van der Waals surface area contributed by atoms with E-state index in [1.165, 1.54) is 6.20 Å². The van der Waals surface area contributed by atoms with Gasteiger partial charge in [-0.15, -0.1) is 0 Å². The number of hydrogen-bond acceptors (Lipinski definition) is 4. The molecular weight excluding hydrogens is 354 g/mol. The number of hydrogen-bond donors (Lipinski definition) is 1. The van der Waals surface area contributed by atoms with Crippen LogP contribution >= 0.6 is 11.6 Å². The zero-order valence-electron chi connectivity index (χ0n) is 14.9. The van der Waals surface area contributed by atoms with Crippen LogP contribution in [0.1, 0.15) is 35.5 Å². The second kappa shape index (κ2) is 7.33. The molecule has 0 unspecified atom stereocenters. The van der Waals surface area contributed by atoms with Gasteiger partial charge in [-0.1, -0.05) is 25.4 Å². The van der Waals surface area contributed by atoms with Gasteiger partial charge in [-0.2, -0.15) is 5.10 Å². The molecule has 2 aromatic heterocycles. The molecule has 6 nitrogen and oxygen atoms in total. The van der Waals surface area contributed by atoms with Gasteiger partial charge in [-0.25, -0.2) is 14.5 Å². The monoisotopic (exact) mass is 373 g/mol.